The molecule has 0 aromatic heterocycles. The predicted molar refractivity (Wildman–Crippen MR) is 63.9 cm³/mol. The molecule has 90 valence electrons. The highest BCUT2D eigenvalue weighted by Gasteiger charge is 2.53. The third kappa shape index (κ3) is 1.69. The maximum atomic E-state index is 12.1. The average molecular weight is 232 g/mol. The fraction of sp³-hybridized carbons (Fsp3) is 0.462. The Labute approximate surface area is 100 Å². The summed E-state index contributed by atoms with van der Waals surface area (Å²) in [5.74, 6) is 1.32. The zero-order chi connectivity index (χ0) is 12.0. The van der Waals surface area contributed by atoms with Crippen LogP contribution in [0.1, 0.15) is 15.9 Å². The van der Waals surface area contributed by atoms with Gasteiger partial charge in [-0.2, -0.15) is 0 Å². The smallest absolute Gasteiger partial charge is 0.251 e. The first-order valence-electron chi connectivity index (χ1n) is 5.98. The number of phenolic OH excluding ortho intramolecular Hbond substituents is 1. The molecule has 0 bridgehead atoms. The summed E-state index contributed by atoms with van der Waals surface area (Å²) in [6.45, 7) is 3.78. The van der Waals surface area contributed by atoms with Crippen molar-refractivity contribution in [1.82, 2.24) is 10.6 Å². The normalized spacial score (nSPS) is 29.8. The quantitative estimate of drug-likeness (QED) is 0.701. The molecule has 1 heterocycles. The third-order valence-electron chi connectivity index (χ3n) is 3.94. The number of hydrogen-bond acceptors (Lipinski definition) is 3. The van der Waals surface area contributed by atoms with Crippen molar-refractivity contribution in [3.8, 4) is 5.75 Å². The van der Waals surface area contributed by atoms with Crippen molar-refractivity contribution in [2.75, 3.05) is 13.1 Å². The van der Waals surface area contributed by atoms with Gasteiger partial charge in [0, 0.05) is 30.3 Å². The van der Waals surface area contributed by atoms with Crippen LogP contribution in [0, 0.1) is 18.8 Å². The number of carbonyl (C=O) groups is 1. The molecule has 1 aliphatic carbocycles. The van der Waals surface area contributed by atoms with E-state index in [4.69, 9.17) is 0 Å². The molecule has 3 N–H and O–H groups in total. The van der Waals surface area contributed by atoms with Gasteiger partial charge >= 0.3 is 0 Å². The van der Waals surface area contributed by atoms with Gasteiger partial charge in [-0.25, -0.2) is 0 Å². The zero-order valence-electron chi connectivity index (χ0n) is 9.73. The van der Waals surface area contributed by atoms with E-state index in [-0.39, 0.29) is 11.7 Å². The fourth-order valence-electron chi connectivity index (χ4n) is 2.73. The topological polar surface area (TPSA) is 61.4 Å². The van der Waals surface area contributed by atoms with Crippen LogP contribution in [0.4, 0.5) is 0 Å². The van der Waals surface area contributed by atoms with E-state index in [2.05, 4.69) is 10.6 Å². The number of fused-ring (bicyclic) bond motifs is 1. The molecule has 1 aromatic carbocycles. The lowest BCUT2D eigenvalue weighted by molar-refractivity contribution is 0.0945. The molecule has 1 aromatic rings. The maximum absolute atomic E-state index is 12.1. The second-order valence-corrected chi connectivity index (χ2v) is 4.93. The van der Waals surface area contributed by atoms with E-state index in [1.165, 1.54) is 0 Å². The second-order valence-electron chi connectivity index (χ2n) is 4.93. The lowest BCUT2D eigenvalue weighted by Gasteiger charge is -2.10. The number of carbonyl (C=O) groups excluding carboxylic acids is 1. The Morgan fingerprint density at radius 3 is 2.82 bits per heavy atom. The molecule has 2 fully saturated rings. The van der Waals surface area contributed by atoms with Gasteiger partial charge in [-0.3, -0.25) is 4.79 Å². The number of amides is 1. The van der Waals surface area contributed by atoms with E-state index in [9.17, 15) is 9.90 Å². The van der Waals surface area contributed by atoms with Gasteiger partial charge in [0.25, 0.3) is 5.91 Å². The van der Waals surface area contributed by atoms with Crippen LogP contribution in [0.25, 0.3) is 0 Å². The standard InChI is InChI=1S/C13H16N2O2/c1-7-8(3-2-4-11(7)16)13(17)15-12-9-5-14-6-10(9)12/h2-4,9-10,12,14,16H,5-6H2,1H3,(H,15,17). The number of phenols is 1. The number of piperidine rings is 1. The van der Waals surface area contributed by atoms with Gasteiger partial charge in [0.05, 0.1) is 0 Å². The minimum atomic E-state index is -0.0715. The van der Waals surface area contributed by atoms with E-state index in [0.717, 1.165) is 13.1 Å². The summed E-state index contributed by atoms with van der Waals surface area (Å²) in [6.07, 6.45) is 0. The van der Waals surface area contributed by atoms with Crippen LogP contribution < -0.4 is 10.6 Å². The number of nitrogens with one attached hydrogen (secondary N) is 2. The Hall–Kier alpha value is -1.55. The molecular weight excluding hydrogens is 216 g/mol. The van der Waals surface area contributed by atoms with Gasteiger partial charge in [0.2, 0.25) is 0 Å². The van der Waals surface area contributed by atoms with E-state index >= 15 is 0 Å². The molecule has 4 nitrogen and oxygen atoms in total. The molecule has 0 radical (unpaired) electrons. The van der Waals surface area contributed by atoms with Gasteiger partial charge in [0.1, 0.15) is 5.75 Å². The summed E-state index contributed by atoms with van der Waals surface area (Å²) in [6, 6.07) is 5.38. The van der Waals surface area contributed by atoms with Crippen LogP contribution in [0.15, 0.2) is 18.2 Å². The Kier molecular flexibility index (Phi) is 2.33. The van der Waals surface area contributed by atoms with Crippen LogP contribution in [0.2, 0.25) is 0 Å². The highest BCUT2D eigenvalue weighted by atomic mass is 16.3. The van der Waals surface area contributed by atoms with Crippen molar-refractivity contribution in [1.29, 1.82) is 0 Å². The summed E-state index contributed by atoms with van der Waals surface area (Å²) < 4.78 is 0. The fourth-order valence-corrected chi connectivity index (χ4v) is 2.73. The molecule has 1 amide bonds. The molecule has 2 aliphatic rings. The van der Waals surface area contributed by atoms with Crippen molar-refractivity contribution >= 4 is 5.91 Å². The van der Waals surface area contributed by atoms with Crippen molar-refractivity contribution in [2.45, 2.75) is 13.0 Å². The average Bonchev–Trinajstić information content (AvgIpc) is 2.76. The highest BCUT2D eigenvalue weighted by Crippen LogP contribution is 2.41. The minimum Gasteiger partial charge on any atom is -0.508 e. The summed E-state index contributed by atoms with van der Waals surface area (Å²) in [7, 11) is 0. The lowest BCUT2D eigenvalue weighted by atomic mass is 10.1. The van der Waals surface area contributed by atoms with Crippen LogP contribution in [0.5, 0.6) is 5.75 Å². The summed E-state index contributed by atoms with van der Waals surface area (Å²) >= 11 is 0. The summed E-state index contributed by atoms with van der Waals surface area (Å²) in [5, 5.41) is 15.9. The first-order valence-corrected chi connectivity index (χ1v) is 5.98. The van der Waals surface area contributed by atoms with Gasteiger partial charge in [0.15, 0.2) is 0 Å². The first-order chi connectivity index (χ1) is 8.18. The van der Waals surface area contributed by atoms with Crippen molar-refractivity contribution < 1.29 is 9.90 Å². The lowest BCUT2D eigenvalue weighted by Crippen LogP contribution is -2.32. The highest BCUT2D eigenvalue weighted by molar-refractivity contribution is 5.96. The molecule has 2 unspecified atom stereocenters. The van der Waals surface area contributed by atoms with Crippen molar-refractivity contribution in [2.24, 2.45) is 11.8 Å². The Morgan fingerprint density at radius 2 is 2.12 bits per heavy atom. The predicted octanol–water partition coefficient (Wildman–Crippen LogP) is 0.648. The number of hydrogen-bond donors (Lipinski definition) is 3. The molecule has 4 heteroatoms. The van der Waals surface area contributed by atoms with Crippen LogP contribution in [-0.4, -0.2) is 30.1 Å². The van der Waals surface area contributed by atoms with E-state index in [1.54, 1.807) is 25.1 Å². The van der Waals surface area contributed by atoms with Crippen LogP contribution >= 0.6 is 0 Å². The van der Waals surface area contributed by atoms with Gasteiger partial charge < -0.3 is 15.7 Å². The Morgan fingerprint density at radius 1 is 1.41 bits per heavy atom. The van der Waals surface area contributed by atoms with E-state index in [1.807, 2.05) is 0 Å². The zero-order valence-corrected chi connectivity index (χ0v) is 9.73. The van der Waals surface area contributed by atoms with Crippen molar-refractivity contribution in [3.63, 3.8) is 0 Å². The number of aromatic hydroxyl groups is 1. The van der Waals surface area contributed by atoms with E-state index in [0.29, 0.717) is 29.0 Å². The third-order valence-corrected chi connectivity index (χ3v) is 3.94. The van der Waals surface area contributed by atoms with Gasteiger partial charge in [-0.05, 0) is 30.9 Å². The van der Waals surface area contributed by atoms with Gasteiger partial charge in [-0.15, -0.1) is 0 Å². The van der Waals surface area contributed by atoms with Gasteiger partial charge in [-0.1, -0.05) is 6.07 Å². The molecule has 2 atom stereocenters. The van der Waals surface area contributed by atoms with Crippen LogP contribution in [0.3, 0.4) is 0 Å². The monoisotopic (exact) mass is 232 g/mol. The molecule has 0 spiro atoms. The molecular formula is C13H16N2O2. The second kappa shape index (κ2) is 3.74. The van der Waals surface area contributed by atoms with E-state index < -0.39 is 0 Å². The summed E-state index contributed by atoms with van der Waals surface area (Å²) in [4.78, 5) is 12.1. The van der Waals surface area contributed by atoms with Crippen molar-refractivity contribution in [3.05, 3.63) is 29.3 Å². The molecule has 17 heavy (non-hydrogen) atoms. The van der Waals surface area contributed by atoms with Crippen LogP contribution in [-0.2, 0) is 0 Å². The molecule has 3 rings (SSSR count). The minimum absolute atomic E-state index is 0.0715. The largest absolute Gasteiger partial charge is 0.508 e. The Bertz CT molecular complexity index is 462. The molecule has 1 saturated carbocycles. The number of rotatable bonds is 2. The first kappa shape index (κ1) is 10.6. The number of benzene rings is 1. The Balaban J connectivity index is 1.72. The summed E-state index contributed by atoms with van der Waals surface area (Å²) in [5.41, 5.74) is 1.22. The maximum Gasteiger partial charge on any atom is 0.251 e. The molecule has 1 saturated heterocycles. The molecule has 1 aliphatic heterocycles. The SMILES string of the molecule is Cc1c(O)cccc1C(=O)NC1C2CNCC21.